The summed E-state index contributed by atoms with van der Waals surface area (Å²) >= 11 is 3.58. The minimum atomic E-state index is -4.22. The summed E-state index contributed by atoms with van der Waals surface area (Å²) in [5.74, 6) is -12.0. The molecule has 5 fully saturated rings. The van der Waals surface area contributed by atoms with Crippen molar-refractivity contribution in [3.8, 4) is 0 Å². The van der Waals surface area contributed by atoms with Crippen LogP contribution in [-0.2, 0) is 152 Å². The Kier molecular flexibility index (Phi) is 27.4. The van der Waals surface area contributed by atoms with Crippen molar-refractivity contribution >= 4 is 125 Å². The number of nitrogens with zero attached hydrogens (tertiary/aromatic N) is 5. The minimum absolute atomic E-state index is 0.0451. The Morgan fingerprint density at radius 2 is 0.568 bits per heavy atom. The third kappa shape index (κ3) is 23.9. The highest BCUT2D eigenvalue weighted by Crippen LogP contribution is 2.22. The Hall–Kier alpha value is -8.58. The number of hydrogen-bond acceptors (Lipinski definition) is 30. The SMILES string of the molecule is NCCC[Si](O)(O)O.N[S-].O=C(Cc1cc(CC(=O)ON2C(=O)CCC2=O)cc(CC(=O)ON2C(=O)CCC2=O)c1)NCCC[Si](O)(O)O.O=C(Cc1cc(CC(=O)ON2C(=O)CCC2=O)cc(CC(=O)ON2C(=O)CCC2=O)c1)ON1C(=O)CCC1=O. The van der Waals surface area contributed by atoms with Crippen LogP contribution in [0.15, 0.2) is 36.4 Å². The van der Waals surface area contributed by atoms with Gasteiger partial charge in [0.2, 0.25) is 5.91 Å². The first-order valence-corrected chi connectivity index (χ1v) is 31.0. The van der Waals surface area contributed by atoms with Crippen molar-refractivity contribution in [2.24, 2.45) is 10.9 Å². The molecule has 0 aromatic heterocycles. The van der Waals surface area contributed by atoms with Gasteiger partial charge in [-0.2, -0.15) is 0 Å². The third-order valence-electron chi connectivity index (χ3n) is 12.1. The average Bonchev–Trinajstić information content (AvgIpc) is 2.19. The number of nitrogens with one attached hydrogen (secondary N) is 1. The number of carbonyl (C=O) groups is 16. The molecule has 0 atom stereocenters. The van der Waals surface area contributed by atoms with Crippen molar-refractivity contribution < 1.29 is 130 Å². The summed E-state index contributed by atoms with van der Waals surface area (Å²) in [5, 5.41) is 8.53. The fraction of sp³-hybridized carbons (Fsp3) is 0.440. The summed E-state index contributed by atoms with van der Waals surface area (Å²) in [6, 6.07) is 8.31. The van der Waals surface area contributed by atoms with Crippen LogP contribution >= 0.6 is 0 Å². The standard InChI is InChI=1S/C24H21N3O12.C23H27N3O12Si.C3H11NO3Si.H2NS/c28-16-1-2-17(29)25(16)37-22(34)10-13-7-14(11-23(35)38-26-18(30)3-4-19(26)31)9-15(8-13)12-24(36)39-27-20(32)5-6-21(27)33;27-17(24-6-1-7-39(34,35)36)11-14-8-15(12-22(32)37-25-18(28)2-3-19(25)29)10-16(9-14)13-23(33)38-26-20(30)4-5-21(26)31;4-2-1-3-8(5,6)7;1-2/h7-9H,1-6,10-12H2;8-10,34-36H,1-7,11-13H2,(H,24,27);5-7H,1-4H2;1H2/q;;;-1. The Balaban J connectivity index is 0.000000326. The number of amides is 11. The van der Waals surface area contributed by atoms with Crippen molar-refractivity contribution in [1.82, 2.24) is 30.6 Å². The van der Waals surface area contributed by atoms with E-state index in [1.165, 1.54) is 36.4 Å². The predicted molar refractivity (Wildman–Crippen MR) is 288 cm³/mol. The van der Waals surface area contributed by atoms with E-state index in [-0.39, 0.29) is 124 Å². The van der Waals surface area contributed by atoms with E-state index < -0.39 is 145 Å². The summed E-state index contributed by atoms with van der Waals surface area (Å²) < 4.78 is 0. The van der Waals surface area contributed by atoms with E-state index in [4.69, 9.17) is 58.7 Å². The highest BCUT2D eigenvalue weighted by atomic mass is 32.1. The smallest absolute Gasteiger partial charge is 0.492 e. The maximum absolute atomic E-state index is 12.4. The number of carbonyl (C=O) groups excluding carboxylic acids is 16. The van der Waals surface area contributed by atoms with Gasteiger partial charge in [-0.3, -0.25) is 52.7 Å². The summed E-state index contributed by atoms with van der Waals surface area (Å²) in [5.41, 5.74) is 6.54. The molecular formula is C50H61N8O27SSi2-. The molecule has 2 aromatic carbocycles. The molecule has 5 heterocycles. The molecule has 0 aliphatic carbocycles. The Bertz CT molecular complexity index is 2760. The van der Waals surface area contributed by atoms with Crippen molar-refractivity contribution in [3.63, 3.8) is 0 Å². The first kappa shape index (κ1) is 71.9. The number of rotatable bonds is 24. The second-order valence-corrected chi connectivity index (χ2v) is 23.6. The van der Waals surface area contributed by atoms with Gasteiger partial charge in [0.15, 0.2) is 0 Å². The lowest BCUT2D eigenvalue weighted by Crippen LogP contribution is -2.36. The second kappa shape index (κ2) is 33.5. The lowest BCUT2D eigenvalue weighted by Gasteiger charge is -2.15. The minimum Gasteiger partial charge on any atom is -0.709 e. The van der Waals surface area contributed by atoms with Crippen LogP contribution in [-0.4, -0.2) is 180 Å². The average molecular weight is 1290 g/mol. The molecule has 11 N–H and O–H groups in total. The largest absolute Gasteiger partial charge is 0.709 e. The highest BCUT2D eigenvalue weighted by molar-refractivity contribution is 7.55. The molecule has 478 valence electrons. The molecular weight excluding hydrogens is 1230 g/mol. The lowest BCUT2D eigenvalue weighted by molar-refractivity contribution is -0.197. The van der Waals surface area contributed by atoms with Gasteiger partial charge in [-0.05, 0) is 52.8 Å². The molecule has 0 radical (unpaired) electrons. The molecule has 38 heteroatoms. The summed E-state index contributed by atoms with van der Waals surface area (Å²) in [4.78, 5) is 268. The quantitative estimate of drug-likeness (QED) is 0.0205. The fourth-order valence-electron chi connectivity index (χ4n) is 8.22. The van der Waals surface area contributed by atoms with Gasteiger partial charge in [-0.1, -0.05) is 36.4 Å². The van der Waals surface area contributed by atoms with Crippen LogP contribution < -0.4 is 16.2 Å². The molecule has 0 saturated carbocycles. The number of hydroxylamine groups is 10. The van der Waals surface area contributed by atoms with Crippen LogP contribution in [0, 0.1) is 0 Å². The van der Waals surface area contributed by atoms with Gasteiger partial charge in [-0.25, -0.2) is 24.0 Å². The van der Waals surface area contributed by atoms with Crippen LogP contribution in [0.4, 0.5) is 0 Å². The van der Waals surface area contributed by atoms with E-state index in [0.29, 0.717) is 43.8 Å². The van der Waals surface area contributed by atoms with Crippen molar-refractivity contribution in [1.29, 1.82) is 0 Å². The Labute approximate surface area is 505 Å². The molecule has 11 amide bonds. The van der Waals surface area contributed by atoms with Crippen LogP contribution in [0.1, 0.15) is 110 Å². The zero-order chi connectivity index (χ0) is 65.6. The van der Waals surface area contributed by atoms with Crippen LogP contribution in [0.2, 0.25) is 12.1 Å². The van der Waals surface area contributed by atoms with Gasteiger partial charge in [0.05, 0.1) is 38.5 Å². The van der Waals surface area contributed by atoms with Crippen molar-refractivity contribution in [2.75, 3.05) is 13.1 Å². The summed E-state index contributed by atoms with van der Waals surface area (Å²) in [6.07, 6.45) is -2.81. The van der Waals surface area contributed by atoms with E-state index in [1.807, 2.05) is 0 Å². The van der Waals surface area contributed by atoms with Gasteiger partial charge >= 0.3 is 47.5 Å². The zero-order valence-corrected chi connectivity index (χ0v) is 49.4. The number of hydrogen-bond donors (Lipinski definition) is 9. The lowest BCUT2D eigenvalue weighted by atomic mass is 9.99. The molecule has 5 saturated heterocycles. The fourth-order valence-corrected chi connectivity index (χ4v) is 9.55. The molecule has 0 bridgehead atoms. The first-order chi connectivity index (χ1) is 41.4. The molecule has 2 aromatic rings. The summed E-state index contributed by atoms with van der Waals surface area (Å²) in [7, 11) is -7.98. The van der Waals surface area contributed by atoms with Gasteiger partial charge in [0.25, 0.3) is 59.1 Å². The van der Waals surface area contributed by atoms with E-state index >= 15 is 0 Å². The maximum Gasteiger partial charge on any atom is 0.492 e. The summed E-state index contributed by atoms with van der Waals surface area (Å²) in [6.45, 7) is 0.437. The van der Waals surface area contributed by atoms with E-state index in [2.05, 4.69) is 23.3 Å². The van der Waals surface area contributed by atoms with Gasteiger partial charge in [0.1, 0.15) is 0 Å². The number of imide groups is 5. The van der Waals surface area contributed by atoms with Crippen LogP contribution in [0.25, 0.3) is 0 Å². The van der Waals surface area contributed by atoms with Crippen LogP contribution in [0.3, 0.4) is 0 Å². The second-order valence-electron chi connectivity index (χ2n) is 19.5. The first-order valence-electron chi connectivity index (χ1n) is 26.5. The molecule has 7 rings (SSSR count). The molecule has 5 aliphatic heterocycles. The molecule has 88 heavy (non-hydrogen) atoms. The van der Waals surface area contributed by atoms with Crippen molar-refractivity contribution in [2.45, 2.75) is 128 Å². The van der Waals surface area contributed by atoms with Gasteiger partial charge < -0.3 is 82.0 Å². The van der Waals surface area contributed by atoms with E-state index in [9.17, 15) is 76.7 Å². The van der Waals surface area contributed by atoms with Gasteiger partial charge in [-0.15, -0.1) is 25.3 Å². The topological polar surface area (TPSA) is 521 Å². The maximum atomic E-state index is 12.4. The van der Waals surface area contributed by atoms with E-state index in [1.54, 1.807) is 0 Å². The van der Waals surface area contributed by atoms with Crippen LogP contribution in [0.5, 0.6) is 0 Å². The Morgan fingerprint density at radius 3 is 0.750 bits per heavy atom. The highest BCUT2D eigenvalue weighted by Gasteiger charge is 2.37. The molecule has 0 unspecified atom stereocenters. The molecule has 5 aliphatic rings. The number of benzene rings is 2. The zero-order valence-electron chi connectivity index (χ0n) is 46.6. The molecule has 0 spiro atoms. The number of nitrogens with two attached hydrogens (primary N) is 2. The molecule has 35 nitrogen and oxygen atoms in total. The van der Waals surface area contributed by atoms with E-state index in [0.717, 1.165) is 0 Å². The third-order valence-corrected chi connectivity index (χ3v) is 14.1. The Morgan fingerprint density at radius 1 is 0.375 bits per heavy atom. The van der Waals surface area contributed by atoms with Crippen molar-refractivity contribution in [3.05, 3.63) is 69.8 Å². The normalized spacial score (nSPS) is 15.8. The predicted octanol–water partition coefficient (Wildman–Crippen LogP) is -5.26. The van der Waals surface area contributed by atoms with Gasteiger partial charge in [0, 0.05) is 82.8 Å². The monoisotopic (exact) mass is 1290 g/mol.